The Balaban J connectivity index is 2.09. The van der Waals surface area contributed by atoms with Gasteiger partial charge in [-0.15, -0.1) is 0 Å². The Labute approximate surface area is 113 Å². The number of H-pyrrole nitrogens is 1. The number of ketones is 1. The van der Waals surface area contributed by atoms with Crippen LogP contribution in [0, 0.1) is 5.41 Å². The van der Waals surface area contributed by atoms with Crippen LogP contribution in [0.3, 0.4) is 0 Å². The number of aromatic amines is 1. The molecule has 1 aliphatic carbocycles. The molecule has 2 heterocycles. The van der Waals surface area contributed by atoms with Crippen LogP contribution in [0.2, 0.25) is 0 Å². The van der Waals surface area contributed by atoms with Gasteiger partial charge in [0.2, 0.25) is 0 Å². The topological polar surface area (TPSA) is 58.6 Å². The summed E-state index contributed by atoms with van der Waals surface area (Å²) in [5.41, 5.74) is 1.79. The van der Waals surface area contributed by atoms with E-state index >= 15 is 0 Å². The summed E-state index contributed by atoms with van der Waals surface area (Å²) in [6, 6.07) is 0. The Morgan fingerprint density at radius 2 is 2.17 bits per heavy atom. The van der Waals surface area contributed by atoms with Crippen molar-refractivity contribution in [3.8, 4) is 0 Å². The van der Waals surface area contributed by atoms with E-state index in [1.165, 1.54) is 0 Å². The van der Waals surface area contributed by atoms with E-state index in [1.807, 2.05) is 0 Å². The third-order valence-corrected chi connectivity index (χ3v) is 4.23. The van der Waals surface area contributed by atoms with Crippen molar-refractivity contribution in [1.82, 2.24) is 15.0 Å². The molecule has 18 heavy (non-hydrogen) atoms. The highest BCUT2D eigenvalue weighted by atomic mass is 79.9. The first-order valence-corrected chi connectivity index (χ1v) is 6.94. The fourth-order valence-corrected chi connectivity index (χ4v) is 3.03. The SMILES string of the molecule is CC1(C(=O)c2c[nH]c3ncc(Br)nc23)CCCC1. The summed E-state index contributed by atoms with van der Waals surface area (Å²) in [6.07, 6.45) is 7.59. The van der Waals surface area contributed by atoms with Crippen LogP contribution in [-0.2, 0) is 0 Å². The van der Waals surface area contributed by atoms with Gasteiger partial charge in [-0.1, -0.05) is 19.8 Å². The standard InChI is InChI=1S/C13H14BrN3O/c1-13(4-2-3-5-13)11(18)8-6-15-12-10(8)17-9(14)7-16-12/h6-7H,2-5H2,1H3,(H,15,16). The molecule has 0 aliphatic heterocycles. The van der Waals surface area contributed by atoms with Crippen LogP contribution >= 0.6 is 15.9 Å². The molecular weight excluding hydrogens is 294 g/mol. The van der Waals surface area contributed by atoms with Crippen molar-refractivity contribution in [3.05, 3.63) is 22.6 Å². The lowest BCUT2D eigenvalue weighted by Gasteiger charge is -2.20. The van der Waals surface area contributed by atoms with Crippen LogP contribution < -0.4 is 0 Å². The van der Waals surface area contributed by atoms with E-state index in [0.29, 0.717) is 21.3 Å². The van der Waals surface area contributed by atoms with Crippen LogP contribution in [0.5, 0.6) is 0 Å². The van der Waals surface area contributed by atoms with Crippen molar-refractivity contribution in [1.29, 1.82) is 0 Å². The molecule has 0 unspecified atom stereocenters. The maximum absolute atomic E-state index is 12.7. The molecule has 5 heteroatoms. The van der Waals surface area contributed by atoms with Gasteiger partial charge in [0.05, 0.1) is 11.8 Å². The second-order valence-electron chi connectivity index (χ2n) is 5.19. The van der Waals surface area contributed by atoms with Crippen LogP contribution in [0.15, 0.2) is 17.0 Å². The number of nitrogens with zero attached hydrogens (tertiary/aromatic N) is 2. The highest BCUT2D eigenvalue weighted by Crippen LogP contribution is 2.41. The average molecular weight is 308 g/mol. The molecule has 1 aliphatic rings. The Kier molecular flexibility index (Phi) is 2.73. The molecule has 94 valence electrons. The molecule has 2 aromatic heterocycles. The largest absolute Gasteiger partial charge is 0.344 e. The van der Waals surface area contributed by atoms with E-state index < -0.39 is 0 Å². The van der Waals surface area contributed by atoms with Crippen molar-refractivity contribution in [2.45, 2.75) is 32.6 Å². The number of fused-ring (bicyclic) bond motifs is 1. The maximum Gasteiger partial charge on any atom is 0.172 e. The Morgan fingerprint density at radius 3 is 2.89 bits per heavy atom. The molecule has 3 rings (SSSR count). The second-order valence-corrected chi connectivity index (χ2v) is 6.00. The Hall–Kier alpha value is -1.23. The number of carbonyl (C=O) groups excluding carboxylic acids is 1. The van der Waals surface area contributed by atoms with Gasteiger partial charge < -0.3 is 4.98 Å². The van der Waals surface area contributed by atoms with E-state index in [9.17, 15) is 4.79 Å². The smallest absolute Gasteiger partial charge is 0.172 e. The summed E-state index contributed by atoms with van der Waals surface area (Å²) in [7, 11) is 0. The zero-order chi connectivity index (χ0) is 12.8. The number of halogens is 1. The van der Waals surface area contributed by atoms with Gasteiger partial charge in [0.1, 0.15) is 10.1 Å². The van der Waals surface area contributed by atoms with Crippen LogP contribution in [0.25, 0.3) is 11.2 Å². The summed E-state index contributed by atoms with van der Waals surface area (Å²) in [5, 5.41) is 0. The molecule has 1 saturated carbocycles. The van der Waals surface area contributed by atoms with Gasteiger partial charge in [-0.05, 0) is 28.8 Å². The fourth-order valence-electron chi connectivity index (χ4n) is 2.75. The fraction of sp³-hybridized carbons (Fsp3) is 0.462. The molecule has 0 amide bonds. The lowest BCUT2D eigenvalue weighted by atomic mass is 9.81. The molecule has 0 atom stereocenters. The van der Waals surface area contributed by atoms with Gasteiger partial charge in [-0.2, -0.15) is 0 Å². The van der Waals surface area contributed by atoms with E-state index in [1.54, 1.807) is 12.4 Å². The van der Waals surface area contributed by atoms with Gasteiger partial charge in [0.25, 0.3) is 0 Å². The number of hydrogen-bond acceptors (Lipinski definition) is 3. The van der Waals surface area contributed by atoms with Crippen LogP contribution in [0.4, 0.5) is 0 Å². The van der Waals surface area contributed by atoms with Crippen LogP contribution in [-0.4, -0.2) is 20.7 Å². The monoisotopic (exact) mass is 307 g/mol. The number of rotatable bonds is 2. The molecule has 1 fully saturated rings. The van der Waals surface area contributed by atoms with Crippen molar-refractivity contribution in [3.63, 3.8) is 0 Å². The molecule has 0 spiro atoms. The quantitative estimate of drug-likeness (QED) is 0.864. The minimum Gasteiger partial charge on any atom is -0.344 e. The molecule has 2 aromatic rings. The molecule has 4 nitrogen and oxygen atoms in total. The lowest BCUT2D eigenvalue weighted by molar-refractivity contribution is 0.0825. The molecule has 0 radical (unpaired) electrons. The van der Waals surface area contributed by atoms with E-state index in [0.717, 1.165) is 25.7 Å². The van der Waals surface area contributed by atoms with E-state index in [-0.39, 0.29) is 11.2 Å². The van der Waals surface area contributed by atoms with Crippen molar-refractivity contribution < 1.29 is 4.79 Å². The first kappa shape index (κ1) is 11.8. The third kappa shape index (κ3) is 1.77. The number of nitrogens with one attached hydrogen (secondary N) is 1. The third-order valence-electron chi connectivity index (χ3n) is 3.85. The van der Waals surface area contributed by atoms with Gasteiger partial charge in [0.15, 0.2) is 11.4 Å². The second kappa shape index (κ2) is 4.16. The Bertz CT molecular complexity index is 614. The van der Waals surface area contributed by atoms with Gasteiger partial charge in [-0.25, -0.2) is 9.97 Å². The zero-order valence-electron chi connectivity index (χ0n) is 10.2. The molecule has 0 saturated heterocycles. The van der Waals surface area contributed by atoms with Crippen molar-refractivity contribution in [2.24, 2.45) is 5.41 Å². The number of hydrogen-bond donors (Lipinski definition) is 1. The summed E-state index contributed by atoms with van der Waals surface area (Å²) in [4.78, 5) is 24.3. The van der Waals surface area contributed by atoms with Crippen molar-refractivity contribution in [2.75, 3.05) is 0 Å². The molecular formula is C13H14BrN3O. The minimum absolute atomic E-state index is 0.193. The lowest BCUT2D eigenvalue weighted by Crippen LogP contribution is -2.24. The van der Waals surface area contributed by atoms with E-state index in [4.69, 9.17) is 0 Å². The number of aromatic nitrogens is 3. The van der Waals surface area contributed by atoms with Gasteiger partial charge >= 0.3 is 0 Å². The molecule has 1 N–H and O–H groups in total. The predicted molar refractivity (Wildman–Crippen MR) is 72.5 cm³/mol. The summed E-state index contributed by atoms with van der Waals surface area (Å²) in [5.74, 6) is 0.193. The predicted octanol–water partition coefficient (Wildman–Crippen LogP) is 3.48. The van der Waals surface area contributed by atoms with Gasteiger partial charge in [0, 0.05) is 11.6 Å². The average Bonchev–Trinajstić information content (AvgIpc) is 2.95. The van der Waals surface area contributed by atoms with Crippen LogP contribution in [0.1, 0.15) is 43.0 Å². The normalized spacial score (nSPS) is 18.3. The van der Waals surface area contributed by atoms with Crippen molar-refractivity contribution >= 4 is 32.9 Å². The summed E-state index contributed by atoms with van der Waals surface area (Å²) < 4.78 is 0.653. The minimum atomic E-state index is -0.223. The molecule has 0 bridgehead atoms. The van der Waals surface area contributed by atoms with Gasteiger partial charge in [-0.3, -0.25) is 4.79 Å². The zero-order valence-corrected chi connectivity index (χ0v) is 11.7. The highest BCUT2D eigenvalue weighted by Gasteiger charge is 2.38. The first-order chi connectivity index (χ1) is 8.60. The Morgan fingerprint density at radius 1 is 1.44 bits per heavy atom. The highest BCUT2D eigenvalue weighted by molar-refractivity contribution is 9.10. The molecule has 0 aromatic carbocycles. The maximum atomic E-state index is 12.7. The number of carbonyl (C=O) groups is 1. The summed E-state index contributed by atoms with van der Waals surface area (Å²) >= 11 is 3.30. The summed E-state index contributed by atoms with van der Waals surface area (Å²) in [6.45, 7) is 2.06. The first-order valence-electron chi connectivity index (χ1n) is 6.15. The number of Topliss-reactive ketones (excluding diaryl/α,β-unsaturated/α-hetero) is 1. The van der Waals surface area contributed by atoms with E-state index in [2.05, 4.69) is 37.8 Å².